The van der Waals surface area contributed by atoms with Crippen molar-refractivity contribution in [2.24, 2.45) is 5.92 Å². The number of benzene rings is 1. The number of methoxy groups -OCH3 is 1. The molecule has 1 aromatic heterocycles. The molecule has 2 unspecified atom stereocenters. The molecule has 1 aromatic carbocycles. The molecule has 156 valence electrons. The predicted molar refractivity (Wildman–Crippen MR) is 112 cm³/mol. The molecule has 2 fully saturated rings. The summed E-state index contributed by atoms with van der Waals surface area (Å²) in [6, 6.07) is 4.78. The Balaban J connectivity index is 1.55. The number of halogens is 2. The molecule has 2 aliphatic rings. The van der Waals surface area contributed by atoms with Gasteiger partial charge in [-0.1, -0.05) is 22.9 Å². The van der Waals surface area contributed by atoms with Crippen molar-refractivity contribution in [2.75, 3.05) is 32.4 Å². The molecule has 4 atom stereocenters. The lowest BCUT2D eigenvalue weighted by atomic mass is 9.81. The number of hydrogen-bond acceptors (Lipinski definition) is 8. The summed E-state index contributed by atoms with van der Waals surface area (Å²) in [4.78, 5) is 3.74. The van der Waals surface area contributed by atoms with Crippen LogP contribution in [0.15, 0.2) is 18.2 Å². The van der Waals surface area contributed by atoms with Gasteiger partial charge in [-0.15, -0.1) is 10.2 Å². The number of nitrogens with zero attached hydrogens (tertiary/aromatic N) is 4. The highest BCUT2D eigenvalue weighted by Gasteiger charge is 2.55. The Morgan fingerprint density at radius 1 is 1.45 bits per heavy atom. The Bertz CT molecular complexity index is 873. The summed E-state index contributed by atoms with van der Waals surface area (Å²) in [6.07, 6.45) is -0.296. The van der Waals surface area contributed by atoms with Gasteiger partial charge in [0.1, 0.15) is 11.9 Å². The minimum absolute atomic E-state index is 0.0906. The first-order valence-electron chi connectivity index (χ1n) is 9.46. The highest BCUT2D eigenvalue weighted by atomic mass is 35.5. The molecular formula is C18H23BClFN4O3S. The first-order valence-corrected chi connectivity index (χ1v) is 10.7. The van der Waals surface area contributed by atoms with E-state index in [1.165, 1.54) is 11.3 Å². The van der Waals surface area contributed by atoms with E-state index in [0.29, 0.717) is 27.5 Å². The van der Waals surface area contributed by atoms with Crippen LogP contribution in [0.3, 0.4) is 0 Å². The summed E-state index contributed by atoms with van der Waals surface area (Å²) >= 11 is 7.47. The summed E-state index contributed by atoms with van der Waals surface area (Å²) in [6.45, 7) is 2.47. The zero-order valence-electron chi connectivity index (χ0n) is 16.5. The molecule has 0 spiro atoms. The van der Waals surface area contributed by atoms with Crippen molar-refractivity contribution >= 4 is 35.1 Å². The molecule has 1 N–H and O–H groups in total. The van der Waals surface area contributed by atoms with Crippen LogP contribution in [0.2, 0.25) is 11.8 Å². The molecule has 1 aliphatic heterocycles. The van der Waals surface area contributed by atoms with Gasteiger partial charge in [0.2, 0.25) is 5.13 Å². The second kappa shape index (κ2) is 8.35. The average molecular weight is 441 g/mol. The van der Waals surface area contributed by atoms with Gasteiger partial charge in [0.05, 0.1) is 11.6 Å². The third-order valence-corrected chi connectivity index (χ3v) is 7.02. The van der Waals surface area contributed by atoms with Gasteiger partial charge in [-0.25, -0.2) is 4.39 Å². The molecule has 0 radical (unpaired) electrons. The van der Waals surface area contributed by atoms with Gasteiger partial charge in [-0.3, -0.25) is 0 Å². The van der Waals surface area contributed by atoms with Gasteiger partial charge in [-0.05, 0) is 43.9 Å². The van der Waals surface area contributed by atoms with Crippen LogP contribution >= 0.6 is 22.9 Å². The minimum Gasteiger partial charge on any atom is -0.467 e. The fourth-order valence-electron chi connectivity index (χ4n) is 4.44. The van der Waals surface area contributed by atoms with Crippen molar-refractivity contribution in [3.05, 3.63) is 23.2 Å². The number of rotatable bonds is 7. The van der Waals surface area contributed by atoms with Crippen molar-refractivity contribution in [1.82, 2.24) is 15.0 Å². The third-order valence-electron chi connectivity index (χ3n) is 5.74. The first-order chi connectivity index (χ1) is 13.9. The van der Waals surface area contributed by atoms with Crippen molar-refractivity contribution in [2.45, 2.75) is 31.5 Å². The average Bonchev–Trinajstić information content (AvgIpc) is 3.40. The third kappa shape index (κ3) is 3.84. The lowest BCUT2D eigenvalue weighted by Gasteiger charge is -2.38. The van der Waals surface area contributed by atoms with E-state index < -0.39 is 13.2 Å². The smallest absolute Gasteiger partial charge is 0.376 e. The van der Waals surface area contributed by atoms with Crippen LogP contribution in [0.25, 0.3) is 10.6 Å². The molecule has 4 rings (SSSR count). The van der Waals surface area contributed by atoms with Crippen molar-refractivity contribution in [3.8, 4) is 16.3 Å². The number of ether oxygens (including phenoxy) is 2. The summed E-state index contributed by atoms with van der Waals surface area (Å²) in [7, 11) is 2.78. The second-order valence-electron chi connectivity index (χ2n) is 7.52. The van der Waals surface area contributed by atoms with Crippen LogP contribution < -0.4 is 9.64 Å². The van der Waals surface area contributed by atoms with Crippen LogP contribution in [0.1, 0.15) is 6.42 Å². The number of anilines is 1. The predicted octanol–water partition coefficient (Wildman–Crippen LogP) is 2.80. The number of alkyl halides is 1. The van der Waals surface area contributed by atoms with E-state index in [0.717, 1.165) is 12.0 Å². The Kier molecular flexibility index (Phi) is 5.99. The summed E-state index contributed by atoms with van der Waals surface area (Å²) in [5.74, 6) is 0.707. The lowest BCUT2D eigenvalue weighted by molar-refractivity contribution is 0.0515. The molecule has 29 heavy (non-hydrogen) atoms. The maximum atomic E-state index is 15.1. The van der Waals surface area contributed by atoms with Gasteiger partial charge in [0.15, 0.2) is 11.8 Å². The maximum Gasteiger partial charge on any atom is 0.376 e. The summed E-state index contributed by atoms with van der Waals surface area (Å²) < 4.78 is 25.7. The van der Waals surface area contributed by atoms with Crippen molar-refractivity contribution < 1.29 is 18.9 Å². The quantitative estimate of drug-likeness (QED) is 0.524. The first kappa shape index (κ1) is 20.8. The Morgan fingerprint density at radius 3 is 2.93 bits per heavy atom. The van der Waals surface area contributed by atoms with Crippen molar-refractivity contribution in [1.29, 1.82) is 0 Å². The monoisotopic (exact) mass is 440 g/mol. The number of piperidine rings is 1. The number of hydrogen-bond donors (Lipinski definition) is 1. The molecule has 1 saturated heterocycles. The van der Waals surface area contributed by atoms with Crippen molar-refractivity contribution in [3.63, 3.8) is 0 Å². The van der Waals surface area contributed by atoms with E-state index in [1.807, 2.05) is 22.8 Å². The van der Waals surface area contributed by atoms with Crippen LogP contribution in [0.4, 0.5) is 9.52 Å². The second-order valence-corrected chi connectivity index (χ2v) is 8.91. The summed E-state index contributed by atoms with van der Waals surface area (Å²) in [5.41, 5.74) is 0.758. The van der Waals surface area contributed by atoms with E-state index >= 15 is 4.39 Å². The fourth-order valence-corrected chi connectivity index (χ4v) is 5.49. The van der Waals surface area contributed by atoms with E-state index in [9.17, 15) is 5.02 Å². The largest absolute Gasteiger partial charge is 0.467 e. The van der Waals surface area contributed by atoms with Gasteiger partial charge < -0.3 is 24.2 Å². The lowest BCUT2D eigenvalue weighted by Crippen LogP contribution is -2.56. The van der Waals surface area contributed by atoms with E-state index in [2.05, 4.69) is 10.2 Å². The molecule has 1 saturated carbocycles. The molecule has 11 heteroatoms. The molecule has 2 bridgehead atoms. The highest BCUT2D eigenvalue weighted by Crippen LogP contribution is 2.44. The standard InChI is InChI=1S/C18H23BClFN4O3S/c1-19(26)25-8-10-6-13(25)15(21)16(10)24(2)18-23-22-17(29-18)12-5-4-11(20)7-14(12)28-9-27-3/h4-5,7,10,13,15-16,26H,6,8-9H2,1-3H3/t10?,13?,15-,16-/m1/s1. The topological polar surface area (TPSA) is 71.0 Å². The van der Waals surface area contributed by atoms with Crippen LogP contribution in [0, 0.1) is 5.92 Å². The van der Waals surface area contributed by atoms with Crippen LogP contribution in [-0.2, 0) is 4.74 Å². The fraction of sp³-hybridized carbons (Fsp3) is 0.556. The SMILES string of the molecule is COCOc1cc(Cl)ccc1-c1nnc(N(C)[C@@H]2C3CC([C@H]2F)N(B(C)O)C3)s1. The molecule has 2 heterocycles. The number of fused-ring (bicyclic) bond motifs is 2. The Hall–Kier alpha value is -1.46. The van der Waals surface area contributed by atoms with E-state index in [4.69, 9.17) is 21.1 Å². The van der Waals surface area contributed by atoms with Gasteiger partial charge in [0, 0.05) is 25.2 Å². The Labute approximate surface area is 178 Å². The van der Waals surface area contributed by atoms with Gasteiger partial charge in [-0.2, -0.15) is 0 Å². The maximum absolute atomic E-state index is 15.1. The van der Waals surface area contributed by atoms with Gasteiger partial charge >= 0.3 is 7.05 Å². The van der Waals surface area contributed by atoms with Crippen LogP contribution in [-0.4, -0.2) is 72.8 Å². The molecular weight excluding hydrogens is 418 g/mol. The van der Waals surface area contributed by atoms with E-state index in [1.54, 1.807) is 26.1 Å². The molecule has 1 aliphatic carbocycles. The zero-order valence-corrected chi connectivity index (χ0v) is 18.0. The molecule has 0 amide bonds. The van der Waals surface area contributed by atoms with Crippen LogP contribution in [0.5, 0.6) is 5.75 Å². The van der Waals surface area contributed by atoms with E-state index in [-0.39, 0.29) is 24.8 Å². The zero-order chi connectivity index (χ0) is 20.7. The number of aromatic nitrogens is 2. The highest BCUT2D eigenvalue weighted by molar-refractivity contribution is 7.18. The normalized spacial score (nSPS) is 26.1. The minimum atomic E-state index is -1.04. The molecule has 2 aromatic rings. The molecule has 7 nitrogen and oxygen atoms in total. The Morgan fingerprint density at radius 2 is 2.24 bits per heavy atom. The van der Waals surface area contributed by atoms with Gasteiger partial charge in [0.25, 0.3) is 0 Å². The summed E-state index contributed by atoms with van der Waals surface area (Å²) in [5, 5.41) is 20.3.